The lowest BCUT2D eigenvalue weighted by atomic mass is 9.98. The average molecular weight is 236 g/mol. The van der Waals surface area contributed by atoms with Gasteiger partial charge >= 0.3 is 0 Å². The summed E-state index contributed by atoms with van der Waals surface area (Å²) in [5.41, 5.74) is 0. The standard InChI is InChI=1S/C12H20N4O/c1-16(8-10-3-5-13-6-4-10)11-7-12(17-2)15-9-14-11/h7,9-10,13H,3-6,8H2,1-2H3. The Bertz CT molecular complexity index is 352. The van der Waals surface area contributed by atoms with Crippen molar-refractivity contribution in [2.75, 3.05) is 38.7 Å². The predicted octanol–water partition coefficient (Wildman–Crippen LogP) is 0.921. The normalized spacial score (nSPS) is 16.8. The second-order valence-corrected chi connectivity index (χ2v) is 4.49. The maximum atomic E-state index is 5.11. The van der Waals surface area contributed by atoms with Crippen LogP contribution in [0.25, 0.3) is 0 Å². The van der Waals surface area contributed by atoms with Gasteiger partial charge in [-0.3, -0.25) is 0 Å². The first-order chi connectivity index (χ1) is 8.29. The van der Waals surface area contributed by atoms with Gasteiger partial charge in [-0.05, 0) is 31.8 Å². The quantitative estimate of drug-likeness (QED) is 0.842. The number of piperidine rings is 1. The number of hydrogen-bond acceptors (Lipinski definition) is 5. The lowest BCUT2D eigenvalue weighted by molar-refractivity contribution is 0.376. The second kappa shape index (κ2) is 5.82. The van der Waals surface area contributed by atoms with Crippen LogP contribution in [0, 0.1) is 5.92 Å². The van der Waals surface area contributed by atoms with E-state index in [0.717, 1.165) is 31.4 Å². The smallest absolute Gasteiger partial charge is 0.218 e. The summed E-state index contributed by atoms with van der Waals surface area (Å²) in [7, 11) is 3.70. The number of rotatable bonds is 4. The topological polar surface area (TPSA) is 50.3 Å². The van der Waals surface area contributed by atoms with E-state index in [0.29, 0.717) is 5.88 Å². The van der Waals surface area contributed by atoms with Gasteiger partial charge in [-0.2, -0.15) is 0 Å². The van der Waals surface area contributed by atoms with Crippen molar-refractivity contribution >= 4 is 5.82 Å². The van der Waals surface area contributed by atoms with Crippen LogP contribution in [0.5, 0.6) is 5.88 Å². The minimum Gasteiger partial charge on any atom is -0.481 e. The molecule has 0 radical (unpaired) electrons. The van der Waals surface area contributed by atoms with Gasteiger partial charge in [0.1, 0.15) is 12.1 Å². The molecule has 1 fully saturated rings. The Morgan fingerprint density at radius 2 is 2.18 bits per heavy atom. The van der Waals surface area contributed by atoms with Gasteiger partial charge in [-0.25, -0.2) is 9.97 Å². The van der Waals surface area contributed by atoms with E-state index in [4.69, 9.17) is 4.74 Å². The summed E-state index contributed by atoms with van der Waals surface area (Å²) in [5, 5.41) is 3.38. The molecule has 94 valence electrons. The summed E-state index contributed by atoms with van der Waals surface area (Å²) < 4.78 is 5.11. The van der Waals surface area contributed by atoms with Crippen LogP contribution < -0.4 is 15.0 Å². The molecular formula is C12H20N4O. The van der Waals surface area contributed by atoms with Crippen molar-refractivity contribution < 1.29 is 4.74 Å². The molecule has 0 aromatic carbocycles. The predicted molar refractivity (Wildman–Crippen MR) is 67.4 cm³/mol. The first kappa shape index (κ1) is 12.1. The summed E-state index contributed by atoms with van der Waals surface area (Å²) >= 11 is 0. The fourth-order valence-electron chi connectivity index (χ4n) is 2.20. The van der Waals surface area contributed by atoms with Crippen molar-refractivity contribution in [1.82, 2.24) is 15.3 Å². The number of nitrogens with one attached hydrogen (secondary N) is 1. The molecule has 0 aliphatic carbocycles. The van der Waals surface area contributed by atoms with Crippen molar-refractivity contribution in [2.24, 2.45) is 5.92 Å². The lowest BCUT2D eigenvalue weighted by Crippen LogP contribution is -2.34. The second-order valence-electron chi connectivity index (χ2n) is 4.49. The van der Waals surface area contributed by atoms with Gasteiger partial charge in [-0.15, -0.1) is 0 Å². The molecule has 17 heavy (non-hydrogen) atoms. The van der Waals surface area contributed by atoms with Crippen molar-refractivity contribution in [3.63, 3.8) is 0 Å². The lowest BCUT2D eigenvalue weighted by Gasteiger charge is -2.28. The van der Waals surface area contributed by atoms with Gasteiger partial charge in [0.25, 0.3) is 0 Å². The van der Waals surface area contributed by atoms with Crippen LogP contribution in [0.2, 0.25) is 0 Å². The molecule has 5 heteroatoms. The first-order valence-corrected chi connectivity index (χ1v) is 6.07. The van der Waals surface area contributed by atoms with Gasteiger partial charge < -0.3 is 15.0 Å². The van der Waals surface area contributed by atoms with E-state index in [-0.39, 0.29) is 0 Å². The van der Waals surface area contributed by atoms with Crippen LogP contribution in [0.3, 0.4) is 0 Å². The zero-order valence-electron chi connectivity index (χ0n) is 10.5. The average Bonchev–Trinajstić information content (AvgIpc) is 2.40. The van der Waals surface area contributed by atoms with E-state index in [1.54, 1.807) is 13.4 Å². The molecular weight excluding hydrogens is 216 g/mol. The van der Waals surface area contributed by atoms with Crippen LogP contribution in [0.15, 0.2) is 12.4 Å². The molecule has 1 aromatic heterocycles. The van der Waals surface area contributed by atoms with Crippen LogP contribution in [-0.4, -0.2) is 43.8 Å². The fourth-order valence-corrected chi connectivity index (χ4v) is 2.20. The molecule has 0 spiro atoms. The molecule has 1 aromatic rings. The number of ether oxygens (including phenoxy) is 1. The zero-order valence-corrected chi connectivity index (χ0v) is 10.5. The summed E-state index contributed by atoms with van der Waals surface area (Å²) in [5.74, 6) is 2.30. The molecule has 2 rings (SSSR count). The number of hydrogen-bond donors (Lipinski definition) is 1. The van der Waals surface area contributed by atoms with E-state index in [9.17, 15) is 0 Å². The fraction of sp³-hybridized carbons (Fsp3) is 0.667. The van der Waals surface area contributed by atoms with E-state index < -0.39 is 0 Å². The Labute approximate surface area is 102 Å². The Morgan fingerprint density at radius 1 is 1.41 bits per heavy atom. The molecule has 0 unspecified atom stereocenters. The highest BCUT2D eigenvalue weighted by Crippen LogP contribution is 2.18. The minimum absolute atomic E-state index is 0.618. The first-order valence-electron chi connectivity index (χ1n) is 6.07. The monoisotopic (exact) mass is 236 g/mol. The van der Waals surface area contributed by atoms with E-state index in [1.165, 1.54) is 12.8 Å². The number of methoxy groups -OCH3 is 1. The van der Waals surface area contributed by atoms with Crippen molar-refractivity contribution in [1.29, 1.82) is 0 Å². The highest BCUT2D eigenvalue weighted by Gasteiger charge is 2.16. The Morgan fingerprint density at radius 3 is 2.88 bits per heavy atom. The van der Waals surface area contributed by atoms with Gasteiger partial charge in [0.2, 0.25) is 5.88 Å². The van der Waals surface area contributed by atoms with Gasteiger partial charge in [-0.1, -0.05) is 0 Å². The summed E-state index contributed by atoms with van der Waals surface area (Å²) in [6, 6.07) is 1.88. The van der Waals surface area contributed by atoms with Crippen LogP contribution in [0.4, 0.5) is 5.82 Å². The molecule has 1 saturated heterocycles. The Hall–Kier alpha value is -1.36. The Kier molecular flexibility index (Phi) is 4.14. The zero-order chi connectivity index (χ0) is 12.1. The van der Waals surface area contributed by atoms with Gasteiger partial charge in [0.05, 0.1) is 7.11 Å². The maximum Gasteiger partial charge on any atom is 0.218 e. The van der Waals surface area contributed by atoms with Crippen molar-refractivity contribution in [3.8, 4) is 5.88 Å². The number of aromatic nitrogens is 2. The Balaban J connectivity index is 1.95. The van der Waals surface area contributed by atoms with Crippen LogP contribution in [-0.2, 0) is 0 Å². The summed E-state index contributed by atoms with van der Waals surface area (Å²) in [6.07, 6.45) is 4.03. The van der Waals surface area contributed by atoms with E-state index >= 15 is 0 Å². The minimum atomic E-state index is 0.618. The highest BCUT2D eigenvalue weighted by molar-refractivity contribution is 5.39. The highest BCUT2D eigenvalue weighted by atomic mass is 16.5. The molecule has 2 heterocycles. The molecule has 1 N–H and O–H groups in total. The molecule has 0 atom stereocenters. The molecule has 1 aliphatic heterocycles. The molecule has 5 nitrogen and oxygen atoms in total. The third kappa shape index (κ3) is 3.30. The molecule has 0 amide bonds. The van der Waals surface area contributed by atoms with Crippen molar-refractivity contribution in [3.05, 3.63) is 12.4 Å². The van der Waals surface area contributed by atoms with Gasteiger partial charge in [0.15, 0.2) is 0 Å². The summed E-state index contributed by atoms with van der Waals surface area (Å²) in [4.78, 5) is 10.5. The summed E-state index contributed by atoms with van der Waals surface area (Å²) in [6.45, 7) is 3.30. The molecule has 1 aliphatic rings. The van der Waals surface area contributed by atoms with E-state index in [1.807, 2.05) is 6.07 Å². The number of anilines is 1. The largest absolute Gasteiger partial charge is 0.481 e. The molecule has 0 bridgehead atoms. The number of nitrogens with zero attached hydrogens (tertiary/aromatic N) is 3. The van der Waals surface area contributed by atoms with E-state index in [2.05, 4.69) is 27.2 Å². The third-order valence-electron chi connectivity index (χ3n) is 3.22. The van der Waals surface area contributed by atoms with Crippen LogP contribution in [0.1, 0.15) is 12.8 Å². The third-order valence-corrected chi connectivity index (χ3v) is 3.22. The molecule has 0 saturated carbocycles. The van der Waals surface area contributed by atoms with Crippen LogP contribution >= 0.6 is 0 Å². The SMILES string of the molecule is COc1cc(N(C)CC2CCNCC2)ncn1. The van der Waals surface area contributed by atoms with Crippen molar-refractivity contribution in [2.45, 2.75) is 12.8 Å². The maximum absolute atomic E-state index is 5.11. The van der Waals surface area contributed by atoms with Gasteiger partial charge in [0, 0.05) is 19.7 Å².